The Labute approximate surface area is 82.5 Å². The van der Waals surface area contributed by atoms with Crippen LogP contribution in [0.15, 0.2) is 12.1 Å². The lowest BCUT2D eigenvalue weighted by Crippen LogP contribution is -2.14. The first-order chi connectivity index (χ1) is 5.68. The van der Waals surface area contributed by atoms with Crippen molar-refractivity contribution < 1.29 is 0 Å². The first-order valence-electron chi connectivity index (χ1n) is 4.18. The number of rotatable bonds is 4. The minimum Gasteiger partial charge on any atom is -0.328 e. The quantitative estimate of drug-likeness (QED) is 0.800. The number of halogens is 1. The molecule has 0 radical (unpaired) electrons. The third-order valence-corrected chi connectivity index (χ3v) is 3.00. The van der Waals surface area contributed by atoms with Gasteiger partial charge in [0.25, 0.3) is 0 Å². The average molecular weight is 204 g/mol. The predicted octanol–water partition coefficient (Wildman–Crippen LogP) is 3.07. The summed E-state index contributed by atoms with van der Waals surface area (Å²) in [6.07, 6.45) is 3.36. The molecule has 0 amide bonds. The Kier molecular flexibility index (Phi) is 4.06. The summed E-state index contributed by atoms with van der Waals surface area (Å²) in [7, 11) is 0. The highest BCUT2D eigenvalue weighted by Gasteiger charge is 1.99. The fourth-order valence-corrected chi connectivity index (χ4v) is 2.21. The highest BCUT2D eigenvalue weighted by atomic mass is 35.5. The van der Waals surface area contributed by atoms with Gasteiger partial charge in [-0.3, -0.25) is 0 Å². The first kappa shape index (κ1) is 10.0. The Hall–Kier alpha value is -0.0500. The Balaban J connectivity index is 2.24. The maximum Gasteiger partial charge on any atom is 0.0931 e. The summed E-state index contributed by atoms with van der Waals surface area (Å²) in [6.45, 7) is 2.04. The van der Waals surface area contributed by atoms with E-state index in [2.05, 4.69) is 6.07 Å². The van der Waals surface area contributed by atoms with E-state index in [1.165, 1.54) is 4.88 Å². The molecule has 1 nitrogen and oxygen atoms in total. The van der Waals surface area contributed by atoms with Gasteiger partial charge in [-0.05, 0) is 38.3 Å². The van der Waals surface area contributed by atoms with E-state index in [9.17, 15) is 0 Å². The molecule has 0 aliphatic carbocycles. The minimum atomic E-state index is 0.320. The van der Waals surface area contributed by atoms with Gasteiger partial charge in [-0.1, -0.05) is 11.6 Å². The molecule has 0 saturated heterocycles. The zero-order valence-corrected chi connectivity index (χ0v) is 8.79. The van der Waals surface area contributed by atoms with Crippen molar-refractivity contribution in [2.75, 3.05) is 0 Å². The Bertz CT molecular complexity index is 232. The molecule has 0 fully saturated rings. The second-order valence-electron chi connectivity index (χ2n) is 3.08. The lowest BCUT2D eigenvalue weighted by molar-refractivity contribution is 0.627. The molecule has 0 saturated carbocycles. The summed E-state index contributed by atoms with van der Waals surface area (Å²) in [6, 6.07) is 4.36. The summed E-state index contributed by atoms with van der Waals surface area (Å²) in [5, 5.41) is 0. The number of thiophene rings is 1. The van der Waals surface area contributed by atoms with E-state index >= 15 is 0 Å². The number of hydrogen-bond donors (Lipinski definition) is 1. The monoisotopic (exact) mass is 203 g/mol. The number of nitrogens with two attached hydrogens (primary N) is 1. The molecule has 0 aromatic carbocycles. The zero-order chi connectivity index (χ0) is 8.97. The van der Waals surface area contributed by atoms with Crippen LogP contribution in [0.1, 0.15) is 24.6 Å². The molecule has 1 unspecified atom stereocenters. The van der Waals surface area contributed by atoms with Gasteiger partial charge in [-0.25, -0.2) is 0 Å². The van der Waals surface area contributed by atoms with Crippen molar-refractivity contribution in [2.45, 2.75) is 32.2 Å². The van der Waals surface area contributed by atoms with E-state index in [0.29, 0.717) is 6.04 Å². The van der Waals surface area contributed by atoms with Crippen molar-refractivity contribution in [3.8, 4) is 0 Å². The van der Waals surface area contributed by atoms with Gasteiger partial charge in [-0.2, -0.15) is 0 Å². The summed E-state index contributed by atoms with van der Waals surface area (Å²) >= 11 is 7.46. The SMILES string of the molecule is CC(N)CCCc1ccc(Cl)s1. The molecule has 0 aliphatic heterocycles. The van der Waals surface area contributed by atoms with Crippen LogP contribution in [0.2, 0.25) is 4.34 Å². The van der Waals surface area contributed by atoms with E-state index in [1.807, 2.05) is 13.0 Å². The van der Waals surface area contributed by atoms with Crippen LogP contribution >= 0.6 is 22.9 Å². The third kappa shape index (κ3) is 3.57. The van der Waals surface area contributed by atoms with Gasteiger partial charge in [0.1, 0.15) is 0 Å². The van der Waals surface area contributed by atoms with Crippen molar-refractivity contribution in [3.63, 3.8) is 0 Å². The molecule has 1 heterocycles. The smallest absolute Gasteiger partial charge is 0.0931 e. The molecule has 12 heavy (non-hydrogen) atoms. The lowest BCUT2D eigenvalue weighted by Gasteiger charge is -2.02. The van der Waals surface area contributed by atoms with Gasteiger partial charge in [0, 0.05) is 10.9 Å². The van der Waals surface area contributed by atoms with Gasteiger partial charge in [0.05, 0.1) is 4.34 Å². The predicted molar refractivity (Wildman–Crippen MR) is 55.9 cm³/mol. The lowest BCUT2D eigenvalue weighted by atomic mass is 10.1. The van der Waals surface area contributed by atoms with Crippen molar-refractivity contribution in [1.29, 1.82) is 0 Å². The second kappa shape index (κ2) is 4.85. The first-order valence-corrected chi connectivity index (χ1v) is 5.37. The van der Waals surface area contributed by atoms with Gasteiger partial charge >= 0.3 is 0 Å². The van der Waals surface area contributed by atoms with Gasteiger partial charge < -0.3 is 5.73 Å². The molecular weight excluding hydrogens is 190 g/mol. The van der Waals surface area contributed by atoms with Crippen LogP contribution in [-0.2, 0) is 6.42 Å². The van der Waals surface area contributed by atoms with Gasteiger partial charge in [-0.15, -0.1) is 11.3 Å². The van der Waals surface area contributed by atoms with Gasteiger partial charge in [0.15, 0.2) is 0 Å². The fraction of sp³-hybridized carbons (Fsp3) is 0.556. The topological polar surface area (TPSA) is 26.0 Å². The molecule has 0 aliphatic rings. The maximum absolute atomic E-state index is 5.80. The summed E-state index contributed by atoms with van der Waals surface area (Å²) in [4.78, 5) is 1.36. The molecule has 1 rings (SSSR count). The summed E-state index contributed by atoms with van der Waals surface area (Å²) < 4.78 is 0.880. The van der Waals surface area contributed by atoms with Gasteiger partial charge in [0.2, 0.25) is 0 Å². The molecule has 1 aromatic heterocycles. The van der Waals surface area contributed by atoms with Crippen LogP contribution in [0.5, 0.6) is 0 Å². The molecule has 1 atom stereocenters. The normalized spacial score (nSPS) is 13.2. The molecule has 2 N–H and O–H groups in total. The van der Waals surface area contributed by atoms with E-state index in [0.717, 1.165) is 23.6 Å². The van der Waals surface area contributed by atoms with E-state index in [4.69, 9.17) is 17.3 Å². The van der Waals surface area contributed by atoms with E-state index in [-0.39, 0.29) is 0 Å². The van der Waals surface area contributed by atoms with Crippen molar-refractivity contribution in [3.05, 3.63) is 21.3 Å². The maximum atomic E-state index is 5.80. The fourth-order valence-electron chi connectivity index (χ4n) is 1.08. The second-order valence-corrected chi connectivity index (χ2v) is 4.87. The van der Waals surface area contributed by atoms with E-state index in [1.54, 1.807) is 11.3 Å². The molecule has 3 heteroatoms. The molecular formula is C9H14ClNS. The molecule has 0 bridgehead atoms. The molecule has 68 valence electrons. The van der Waals surface area contributed by atoms with Crippen molar-refractivity contribution >= 4 is 22.9 Å². The minimum absolute atomic E-state index is 0.320. The average Bonchev–Trinajstić information content (AvgIpc) is 2.35. The van der Waals surface area contributed by atoms with E-state index < -0.39 is 0 Å². The van der Waals surface area contributed by atoms with Crippen molar-refractivity contribution in [2.24, 2.45) is 5.73 Å². The van der Waals surface area contributed by atoms with Crippen LogP contribution in [0.3, 0.4) is 0 Å². The summed E-state index contributed by atoms with van der Waals surface area (Å²) in [5.74, 6) is 0. The number of aryl methyl sites for hydroxylation is 1. The van der Waals surface area contributed by atoms with Crippen LogP contribution in [-0.4, -0.2) is 6.04 Å². The van der Waals surface area contributed by atoms with Crippen molar-refractivity contribution in [1.82, 2.24) is 0 Å². The Morgan fingerprint density at radius 3 is 2.83 bits per heavy atom. The highest BCUT2D eigenvalue weighted by molar-refractivity contribution is 7.16. The number of hydrogen-bond acceptors (Lipinski definition) is 2. The summed E-state index contributed by atoms with van der Waals surface area (Å²) in [5.41, 5.74) is 5.64. The Morgan fingerprint density at radius 2 is 2.33 bits per heavy atom. The molecule has 0 spiro atoms. The van der Waals surface area contributed by atoms with Crippen LogP contribution in [0.25, 0.3) is 0 Å². The van der Waals surface area contributed by atoms with Crippen LogP contribution in [0.4, 0.5) is 0 Å². The zero-order valence-electron chi connectivity index (χ0n) is 7.22. The van der Waals surface area contributed by atoms with Crippen LogP contribution in [0, 0.1) is 0 Å². The largest absolute Gasteiger partial charge is 0.328 e. The third-order valence-electron chi connectivity index (χ3n) is 1.71. The van der Waals surface area contributed by atoms with Crippen LogP contribution < -0.4 is 5.73 Å². The molecule has 1 aromatic rings. The Morgan fingerprint density at radius 1 is 1.58 bits per heavy atom. The highest BCUT2D eigenvalue weighted by Crippen LogP contribution is 2.22. The standard InChI is InChI=1S/C9H14ClNS/c1-7(11)3-2-4-8-5-6-9(10)12-8/h5-7H,2-4,11H2,1H3.